The van der Waals surface area contributed by atoms with Gasteiger partial charge in [-0.1, -0.05) is 18.8 Å². The van der Waals surface area contributed by atoms with Crippen LogP contribution in [0.5, 0.6) is 0 Å². The van der Waals surface area contributed by atoms with E-state index in [1.165, 1.54) is 18.9 Å². The van der Waals surface area contributed by atoms with Crippen molar-refractivity contribution in [3.05, 3.63) is 35.1 Å². The van der Waals surface area contributed by atoms with E-state index in [-0.39, 0.29) is 12.4 Å². The van der Waals surface area contributed by atoms with Gasteiger partial charge in [0.2, 0.25) is 0 Å². The molecule has 2 unspecified atom stereocenters. The van der Waals surface area contributed by atoms with Crippen LogP contribution in [0.25, 0.3) is 0 Å². The van der Waals surface area contributed by atoms with E-state index in [1.54, 1.807) is 6.07 Å². The van der Waals surface area contributed by atoms with E-state index in [0.29, 0.717) is 17.6 Å². The zero-order chi connectivity index (χ0) is 14.5. The Morgan fingerprint density at radius 1 is 1.35 bits per heavy atom. The van der Waals surface area contributed by atoms with Gasteiger partial charge in [-0.25, -0.2) is 4.39 Å². The van der Waals surface area contributed by atoms with Gasteiger partial charge < -0.3 is 5.11 Å². The zero-order valence-corrected chi connectivity index (χ0v) is 12.2. The summed E-state index contributed by atoms with van der Waals surface area (Å²) in [4.78, 5) is 2.46. The van der Waals surface area contributed by atoms with Gasteiger partial charge in [-0.15, -0.1) is 0 Å². The fourth-order valence-electron chi connectivity index (χ4n) is 3.01. The second-order valence-corrected chi connectivity index (χ2v) is 5.47. The molecule has 1 fully saturated rings. The summed E-state index contributed by atoms with van der Waals surface area (Å²) in [6.45, 7) is 5.01. The lowest BCUT2D eigenvalue weighted by atomic mass is 10.1. The van der Waals surface area contributed by atoms with Crippen molar-refractivity contribution >= 4 is 0 Å². The summed E-state index contributed by atoms with van der Waals surface area (Å²) < 4.78 is 13.7. The molecular weight excluding hydrogens is 253 g/mol. The van der Waals surface area contributed by atoms with E-state index < -0.39 is 0 Å². The van der Waals surface area contributed by atoms with Crippen LogP contribution >= 0.6 is 0 Å². The molecule has 0 saturated carbocycles. The van der Waals surface area contributed by atoms with Crippen LogP contribution in [-0.4, -0.2) is 28.7 Å². The number of rotatable bonds is 3. The molecule has 3 heteroatoms. The fourth-order valence-corrected chi connectivity index (χ4v) is 3.01. The number of hydrogen-bond acceptors (Lipinski definition) is 2. The smallest absolute Gasteiger partial charge is 0.124 e. The van der Waals surface area contributed by atoms with Crippen molar-refractivity contribution in [2.24, 2.45) is 0 Å². The highest BCUT2D eigenvalue weighted by molar-refractivity contribution is 5.37. The molecule has 0 bridgehead atoms. The van der Waals surface area contributed by atoms with Crippen molar-refractivity contribution in [3.63, 3.8) is 0 Å². The normalized spacial score (nSPS) is 22.6. The molecule has 1 aromatic rings. The number of halogens is 1. The Labute approximate surface area is 120 Å². The molecule has 20 heavy (non-hydrogen) atoms. The highest BCUT2D eigenvalue weighted by Crippen LogP contribution is 2.28. The van der Waals surface area contributed by atoms with Gasteiger partial charge >= 0.3 is 0 Å². The molecule has 108 valence electrons. The number of benzene rings is 1. The number of aliphatic hydroxyl groups excluding tert-OH is 1. The maximum Gasteiger partial charge on any atom is 0.124 e. The molecule has 2 atom stereocenters. The van der Waals surface area contributed by atoms with Gasteiger partial charge in [-0.3, -0.25) is 4.90 Å². The summed E-state index contributed by atoms with van der Waals surface area (Å²) in [5, 5.41) is 8.72. The number of aliphatic hydroxyl groups is 1. The Balaban J connectivity index is 2.18. The summed E-state index contributed by atoms with van der Waals surface area (Å²) in [5.74, 6) is 5.09. The van der Waals surface area contributed by atoms with Gasteiger partial charge in [0.1, 0.15) is 12.4 Å². The van der Waals surface area contributed by atoms with Gasteiger partial charge in [-0.2, -0.15) is 0 Å². The Kier molecular flexibility index (Phi) is 5.17. The molecule has 1 aromatic carbocycles. The summed E-state index contributed by atoms with van der Waals surface area (Å²) >= 11 is 0. The Hall–Kier alpha value is -1.37. The molecule has 1 aliphatic heterocycles. The molecule has 0 aliphatic carbocycles. The predicted octanol–water partition coefficient (Wildman–Crippen LogP) is 2.93. The van der Waals surface area contributed by atoms with E-state index >= 15 is 0 Å². The topological polar surface area (TPSA) is 23.5 Å². The molecule has 1 aliphatic rings. The quantitative estimate of drug-likeness (QED) is 0.857. The average molecular weight is 275 g/mol. The largest absolute Gasteiger partial charge is 0.384 e. The van der Waals surface area contributed by atoms with Gasteiger partial charge in [0.25, 0.3) is 0 Å². The number of nitrogens with zero attached hydrogens (tertiary/aromatic N) is 1. The first kappa shape index (κ1) is 15.0. The van der Waals surface area contributed by atoms with E-state index in [4.69, 9.17) is 5.11 Å². The van der Waals surface area contributed by atoms with E-state index in [2.05, 4.69) is 30.6 Å². The first-order chi connectivity index (χ1) is 9.63. The predicted molar refractivity (Wildman–Crippen MR) is 78.7 cm³/mol. The zero-order valence-electron chi connectivity index (χ0n) is 12.2. The van der Waals surface area contributed by atoms with Crippen LogP contribution in [0.3, 0.4) is 0 Å². The van der Waals surface area contributed by atoms with Crippen LogP contribution in [0.1, 0.15) is 44.2 Å². The molecule has 2 nitrogen and oxygen atoms in total. The van der Waals surface area contributed by atoms with Crippen LogP contribution in [-0.2, 0) is 6.54 Å². The average Bonchev–Trinajstić information content (AvgIpc) is 2.77. The Bertz CT molecular complexity index is 517. The summed E-state index contributed by atoms with van der Waals surface area (Å²) in [6, 6.07) is 6.07. The van der Waals surface area contributed by atoms with Crippen LogP contribution in [0.4, 0.5) is 4.39 Å². The minimum atomic E-state index is -0.260. The van der Waals surface area contributed by atoms with Crippen LogP contribution in [0, 0.1) is 17.7 Å². The third kappa shape index (κ3) is 3.59. The van der Waals surface area contributed by atoms with Crippen LogP contribution in [0.15, 0.2) is 18.2 Å². The lowest BCUT2D eigenvalue weighted by Gasteiger charge is -2.27. The SMILES string of the molecule is CCC1CCC(C)N1Cc1cc(F)cc(C#CCO)c1. The maximum atomic E-state index is 13.7. The second kappa shape index (κ2) is 6.88. The highest BCUT2D eigenvalue weighted by Gasteiger charge is 2.29. The molecule has 1 N–H and O–H groups in total. The third-order valence-corrected chi connectivity index (χ3v) is 4.06. The van der Waals surface area contributed by atoms with Crippen molar-refractivity contribution in [1.82, 2.24) is 4.90 Å². The van der Waals surface area contributed by atoms with Gasteiger partial charge in [0, 0.05) is 24.2 Å². The van der Waals surface area contributed by atoms with Crippen molar-refractivity contribution in [3.8, 4) is 11.8 Å². The van der Waals surface area contributed by atoms with Crippen LogP contribution < -0.4 is 0 Å². The van der Waals surface area contributed by atoms with E-state index in [9.17, 15) is 4.39 Å². The van der Waals surface area contributed by atoms with Gasteiger partial charge in [0.15, 0.2) is 0 Å². The van der Waals surface area contributed by atoms with Crippen molar-refractivity contribution < 1.29 is 9.50 Å². The monoisotopic (exact) mass is 275 g/mol. The number of hydrogen-bond donors (Lipinski definition) is 1. The Morgan fingerprint density at radius 3 is 2.85 bits per heavy atom. The lowest BCUT2D eigenvalue weighted by molar-refractivity contribution is 0.189. The fraction of sp³-hybridized carbons (Fsp3) is 0.529. The molecular formula is C17H22FNO. The van der Waals surface area contributed by atoms with E-state index in [0.717, 1.165) is 18.5 Å². The third-order valence-electron chi connectivity index (χ3n) is 4.06. The van der Waals surface area contributed by atoms with Crippen LogP contribution in [0.2, 0.25) is 0 Å². The molecule has 1 heterocycles. The highest BCUT2D eigenvalue weighted by atomic mass is 19.1. The standard InChI is InChI=1S/C17H22FNO/c1-3-17-7-6-13(2)19(17)12-15-9-14(5-4-8-20)10-16(18)11-15/h9-11,13,17,20H,3,6-8,12H2,1-2H3. The minimum Gasteiger partial charge on any atom is -0.384 e. The van der Waals surface area contributed by atoms with Crippen molar-refractivity contribution in [2.45, 2.75) is 51.7 Å². The molecule has 0 spiro atoms. The first-order valence-electron chi connectivity index (χ1n) is 7.29. The molecule has 2 rings (SSSR count). The maximum absolute atomic E-state index is 13.7. The van der Waals surface area contributed by atoms with E-state index in [1.807, 2.05) is 6.07 Å². The Morgan fingerprint density at radius 2 is 2.15 bits per heavy atom. The molecule has 0 radical (unpaired) electrons. The minimum absolute atomic E-state index is 0.201. The summed E-state index contributed by atoms with van der Waals surface area (Å²) in [6.07, 6.45) is 3.58. The van der Waals surface area contributed by atoms with Gasteiger partial charge in [0.05, 0.1) is 0 Å². The first-order valence-corrected chi connectivity index (χ1v) is 7.29. The number of likely N-dealkylation sites (tertiary alicyclic amines) is 1. The second-order valence-electron chi connectivity index (χ2n) is 5.47. The molecule has 1 saturated heterocycles. The van der Waals surface area contributed by atoms with Crippen molar-refractivity contribution in [2.75, 3.05) is 6.61 Å². The molecule has 0 aromatic heterocycles. The molecule has 0 amide bonds. The van der Waals surface area contributed by atoms with Crippen molar-refractivity contribution in [1.29, 1.82) is 0 Å². The summed E-state index contributed by atoms with van der Waals surface area (Å²) in [5.41, 5.74) is 1.59. The van der Waals surface area contributed by atoms with Gasteiger partial charge in [-0.05, 0) is 49.9 Å². The summed E-state index contributed by atoms with van der Waals surface area (Å²) in [7, 11) is 0. The lowest BCUT2D eigenvalue weighted by Crippen LogP contribution is -2.33.